The van der Waals surface area contributed by atoms with E-state index in [1.54, 1.807) is 19.2 Å². The zero-order valence-electron chi connectivity index (χ0n) is 15.5. The number of methoxy groups -OCH3 is 1. The minimum Gasteiger partial charge on any atom is -0.859 e. The van der Waals surface area contributed by atoms with Crippen LogP contribution in [0.25, 0.3) is 11.3 Å². The monoisotopic (exact) mass is 417 g/mol. The van der Waals surface area contributed by atoms with Crippen molar-refractivity contribution in [3.8, 4) is 17.0 Å². The highest BCUT2D eigenvalue weighted by Gasteiger charge is 2.28. The molecule has 0 aliphatic carbocycles. The van der Waals surface area contributed by atoms with E-state index in [2.05, 4.69) is 9.56 Å². The van der Waals surface area contributed by atoms with Crippen LogP contribution in [0.3, 0.4) is 0 Å². The maximum Gasteiger partial charge on any atom is 0.257 e. The molecule has 1 aliphatic heterocycles. The predicted octanol–water partition coefficient (Wildman–Crippen LogP) is 3.56. The third kappa shape index (κ3) is 4.16. The highest BCUT2D eigenvalue weighted by atomic mass is 35.5. The maximum absolute atomic E-state index is 12.5. The van der Waals surface area contributed by atoms with Crippen LogP contribution in [0.15, 0.2) is 59.7 Å². The molecule has 5 nitrogen and oxygen atoms in total. The van der Waals surface area contributed by atoms with E-state index >= 15 is 0 Å². The molecule has 0 fully saturated rings. The van der Waals surface area contributed by atoms with Gasteiger partial charge in [-0.3, -0.25) is 4.99 Å². The molecule has 3 aromatic rings. The highest BCUT2D eigenvalue weighted by Crippen LogP contribution is 2.26. The quantitative estimate of drug-likeness (QED) is 0.362. The molecule has 2 aromatic carbocycles. The first-order valence-corrected chi connectivity index (χ1v) is 9.28. The van der Waals surface area contributed by atoms with Gasteiger partial charge in [-0.15, -0.1) is 12.4 Å². The lowest BCUT2D eigenvalue weighted by molar-refractivity contribution is -0.693. The normalized spacial score (nSPS) is 13.1. The first-order chi connectivity index (χ1) is 13.1. The molecule has 0 unspecified atom stereocenters. The van der Waals surface area contributed by atoms with Crippen molar-refractivity contribution < 1.29 is 14.4 Å². The fraction of sp³-hybridized carbons (Fsp3) is 0.238. The lowest BCUT2D eigenvalue weighted by atomic mass is 10.2. The number of halogens is 2. The molecule has 0 atom stereocenters. The average molecular weight is 418 g/mol. The van der Waals surface area contributed by atoms with Crippen LogP contribution in [-0.2, 0) is 19.5 Å². The number of benzene rings is 2. The van der Waals surface area contributed by atoms with Crippen LogP contribution in [-0.4, -0.2) is 17.6 Å². The largest absolute Gasteiger partial charge is 0.859 e. The maximum atomic E-state index is 12.5. The summed E-state index contributed by atoms with van der Waals surface area (Å²) in [5.41, 5.74) is 2.81. The Hall–Kier alpha value is -2.50. The van der Waals surface area contributed by atoms with Gasteiger partial charge >= 0.3 is 0 Å². The minimum absolute atomic E-state index is 0. The Balaban J connectivity index is 0.00000225. The third-order valence-electron chi connectivity index (χ3n) is 4.75. The molecule has 0 bridgehead atoms. The van der Waals surface area contributed by atoms with Crippen LogP contribution in [0.4, 0.5) is 5.69 Å². The number of imidazole rings is 1. The summed E-state index contributed by atoms with van der Waals surface area (Å²) in [7, 11) is 1.60. The van der Waals surface area contributed by atoms with Crippen molar-refractivity contribution >= 4 is 35.6 Å². The van der Waals surface area contributed by atoms with Gasteiger partial charge in [-0.1, -0.05) is 17.7 Å². The summed E-state index contributed by atoms with van der Waals surface area (Å²) in [4.78, 5) is 4.22. The van der Waals surface area contributed by atoms with Gasteiger partial charge in [0.15, 0.2) is 5.69 Å². The molecule has 0 radical (unpaired) electrons. The lowest BCUT2D eigenvalue weighted by Gasteiger charge is -2.09. The number of rotatable bonds is 5. The van der Waals surface area contributed by atoms with Crippen LogP contribution in [0.1, 0.15) is 12.2 Å². The van der Waals surface area contributed by atoms with Gasteiger partial charge in [0.25, 0.3) is 5.82 Å². The van der Waals surface area contributed by atoms with Gasteiger partial charge in [-0.25, -0.2) is 9.13 Å². The van der Waals surface area contributed by atoms with E-state index in [4.69, 9.17) is 16.3 Å². The molecule has 0 saturated carbocycles. The fourth-order valence-electron chi connectivity index (χ4n) is 3.50. The van der Waals surface area contributed by atoms with Gasteiger partial charge in [0.1, 0.15) is 18.5 Å². The Bertz CT molecular complexity index is 997. The molecule has 0 saturated heterocycles. The van der Waals surface area contributed by atoms with Gasteiger partial charge in [0.05, 0.1) is 25.8 Å². The molecule has 2 heterocycles. The van der Waals surface area contributed by atoms with E-state index in [9.17, 15) is 5.11 Å². The van der Waals surface area contributed by atoms with Gasteiger partial charge in [0.2, 0.25) is 0 Å². The molecule has 28 heavy (non-hydrogen) atoms. The smallest absolute Gasteiger partial charge is 0.257 e. The summed E-state index contributed by atoms with van der Waals surface area (Å²) in [5.74, 6) is 1.66. The van der Waals surface area contributed by atoms with Crippen LogP contribution in [0, 0.1) is 0 Å². The highest BCUT2D eigenvalue weighted by molar-refractivity contribution is 6.30. The number of fused-ring (bicyclic) bond motifs is 1. The summed E-state index contributed by atoms with van der Waals surface area (Å²) in [6.45, 7) is 1.18. The second-order valence-electron chi connectivity index (χ2n) is 6.53. The van der Waals surface area contributed by atoms with Gasteiger partial charge in [-0.05, 0) is 42.8 Å². The Morgan fingerprint density at radius 3 is 2.79 bits per heavy atom. The molecular formula is C21H21Cl2N3O2. The average Bonchev–Trinajstić information content (AvgIpc) is 3.27. The van der Waals surface area contributed by atoms with Crippen LogP contribution in [0.5, 0.6) is 5.75 Å². The van der Waals surface area contributed by atoms with Crippen molar-refractivity contribution in [2.24, 2.45) is 4.99 Å². The van der Waals surface area contributed by atoms with Crippen molar-refractivity contribution in [2.45, 2.75) is 25.9 Å². The van der Waals surface area contributed by atoms with Crippen LogP contribution in [0.2, 0.25) is 5.02 Å². The number of aromatic nitrogens is 2. The third-order valence-corrected chi connectivity index (χ3v) is 5.00. The van der Waals surface area contributed by atoms with Crippen molar-refractivity contribution in [1.82, 2.24) is 4.57 Å². The zero-order valence-corrected chi connectivity index (χ0v) is 17.0. The van der Waals surface area contributed by atoms with Gasteiger partial charge in [-0.2, -0.15) is 0 Å². The van der Waals surface area contributed by atoms with Gasteiger partial charge < -0.3 is 9.84 Å². The summed E-state index contributed by atoms with van der Waals surface area (Å²) in [6.07, 6.45) is 4.08. The van der Waals surface area contributed by atoms with Crippen LogP contribution >= 0.6 is 24.0 Å². The van der Waals surface area contributed by atoms with E-state index in [0.29, 0.717) is 16.5 Å². The zero-order chi connectivity index (χ0) is 18.8. The van der Waals surface area contributed by atoms with E-state index in [0.717, 1.165) is 36.5 Å². The van der Waals surface area contributed by atoms with Gasteiger partial charge in [0, 0.05) is 22.6 Å². The lowest BCUT2D eigenvalue weighted by Crippen LogP contribution is -2.43. The van der Waals surface area contributed by atoms with E-state index < -0.39 is 0 Å². The standard InChI is InChI=1S/C21H20ClN3O2.ClH/c1-27-18-5-2-4-17(12-18)23-20(26)14-24-13-19(25-11-3-6-21(24)25)15-7-9-16(22)10-8-15;/h2,4-5,7-10,12-13H,3,6,11,14H2,1H3;1H. The second kappa shape index (κ2) is 8.67. The van der Waals surface area contributed by atoms with E-state index in [1.807, 2.05) is 47.2 Å². The molecule has 146 valence electrons. The van der Waals surface area contributed by atoms with Crippen molar-refractivity contribution in [3.05, 3.63) is 65.6 Å². The predicted molar refractivity (Wildman–Crippen MR) is 111 cm³/mol. The molecule has 0 N–H and O–H groups in total. The summed E-state index contributed by atoms with van der Waals surface area (Å²) in [6, 6.07) is 15.0. The first kappa shape index (κ1) is 20.2. The minimum atomic E-state index is -0.184. The summed E-state index contributed by atoms with van der Waals surface area (Å²) >= 11 is 6.01. The Morgan fingerprint density at radius 2 is 2.04 bits per heavy atom. The molecule has 7 heteroatoms. The van der Waals surface area contributed by atoms with Crippen molar-refractivity contribution in [1.29, 1.82) is 0 Å². The second-order valence-corrected chi connectivity index (χ2v) is 6.96. The summed E-state index contributed by atoms with van der Waals surface area (Å²) in [5, 5.41) is 13.2. The molecule has 4 rings (SSSR count). The number of ether oxygens (including phenoxy) is 1. The molecule has 1 aliphatic rings. The van der Waals surface area contributed by atoms with Crippen LogP contribution < -0.4 is 14.4 Å². The number of hydrogen-bond acceptors (Lipinski definition) is 3. The van der Waals surface area contributed by atoms with Crippen molar-refractivity contribution in [2.75, 3.05) is 7.11 Å². The molecule has 1 aromatic heterocycles. The van der Waals surface area contributed by atoms with Crippen molar-refractivity contribution in [3.63, 3.8) is 0 Å². The molecular weight excluding hydrogens is 397 g/mol. The topological polar surface area (TPSA) is 53.5 Å². The van der Waals surface area contributed by atoms with E-state index in [1.165, 1.54) is 0 Å². The fourth-order valence-corrected chi connectivity index (χ4v) is 3.63. The Kier molecular flexibility index (Phi) is 6.27. The number of hydrogen-bond donors (Lipinski definition) is 0. The molecule has 0 spiro atoms. The first-order valence-electron chi connectivity index (χ1n) is 8.90. The number of aliphatic imine (C=N–C) groups is 1. The number of nitrogens with zero attached hydrogens (tertiary/aromatic N) is 3. The Morgan fingerprint density at radius 1 is 1.25 bits per heavy atom. The SMILES string of the molecule is COc1cccc(N=C([O-])C[n+]2cc(-c3ccc(Cl)cc3)n3c2CCC3)c1.Cl. The Labute approximate surface area is 175 Å². The molecule has 0 amide bonds. The summed E-state index contributed by atoms with van der Waals surface area (Å²) < 4.78 is 9.48. The van der Waals surface area contributed by atoms with E-state index in [-0.39, 0.29) is 24.8 Å².